The summed E-state index contributed by atoms with van der Waals surface area (Å²) in [5.74, 6) is 0.870. The summed E-state index contributed by atoms with van der Waals surface area (Å²) in [6.45, 7) is 3.18. The zero-order valence-electron chi connectivity index (χ0n) is 11.7. The van der Waals surface area contributed by atoms with E-state index in [2.05, 4.69) is 22.3 Å². The zero-order valence-corrected chi connectivity index (χ0v) is 11.7. The minimum Gasteiger partial charge on any atom is -0.497 e. The van der Waals surface area contributed by atoms with Crippen LogP contribution in [0.3, 0.4) is 0 Å². The van der Waals surface area contributed by atoms with Crippen molar-refractivity contribution in [1.82, 2.24) is 10.2 Å². The molecule has 0 spiro atoms. The second-order valence-electron chi connectivity index (χ2n) is 4.76. The fraction of sp³-hybridized carbons (Fsp3) is 0.571. The van der Waals surface area contributed by atoms with Crippen molar-refractivity contribution >= 4 is 0 Å². The number of hydrogen-bond acceptors (Lipinski definition) is 4. The molecule has 0 heterocycles. The molecule has 0 saturated heterocycles. The lowest BCUT2D eigenvalue weighted by Gasteiger charge is -2.25. The Hall–Kier alpha value is -1.10. The van der Waals surface area contributed by atoms with Crippen molar-refractivity contribution < 1.29 is 9.84 Å². The molecule has 1 aromatic carbocycles. The molecule has 0 aliphatic rings. The van der Waals surface area contributed by atoms with Gasteiger partial charge in [-0.25, -0.2) is 0 Å². The first-order valence-electron chi connectivity index (χ1n) is 6.23. The van der Waals surface area contributed by atoms with Gasteiger partial charge in [0, 0.05) is 19.1 Å². The molecule has 0 aliphatic heterocycles. The van der Waals surface area contributed by atoms with Crippen LogP contribution in [0, 0.1) is 0 Å². The molecule has 0 radical (unpaired) electrons. The lowest BCUT2D eigenvalue weighted by molar-refractivity contribution is 0.184. The molecule has 0 bridgehead atoms. The molecule has 0 saturated carbocycles. The largest absolute Gasteiger partial charge is 0.497 e. The van der Waals surface area contributed by atoms with Crippen molar-refractivity contribution in [3.8, 4) is 5.75 Å². The third-order valence-electron chi connectivity index (χ3n) is 2.88. The predicted octanol–water partition coefficient (Wildman–Crippen LogP) is 1.27. The van der Waals surface area contributed by atoms with Gasteiger partial charge in [0.1, 0.15) is 5.75 Å². The molecule has 0 amide bonds. The van der Waals surface area contributed by atoms with Gasteiger partial charge < -0.3 is 20.1 Å². The van der Waals surface area contributed by atoms with Gasteiger partial charge in [-0.1, -0.05) is 12.1 Å². The van der Waals surface area contributed by atoms with E-state index >= 15 is 0 Å². The van der Waals surface area contributed by atoms with Crippen LogP contribution in [0.25, 0.3) is 0 Å². The fourth-order valence-corrected chi connectivity index (χ4v) is 1.88. The number of ether oxygens (including phenoxy) is 1. The van der Waals surface area contributed by atoms with E-state index in [9.17, 15) is 5.11 Å². The molecular formula is C14H24N2O2. The van der Waals surface area contributed by atoms with Gasteiger partial charge in [0.05, 0.1) is 13.2 Å². The average molecular weight is 252 g/mol. The van der Waals surface area contributed by atoms with Crippen molar-refractivity contribution in [3.63, 3.8) is 0 Å². The van der Waals surface area contributed by atoms with Crippen LogP contribution in [0.2, 0.25) is 0 Å². The summed E-state index contributed by atoms with van der Waals surface area (Å²) >= 11 is 0. The van der Waals surface area contributed by atoms with E-state index in [0.717, 1.165) is 12.3 Å². The third kappa shape index (κ3) is 4.64. The van der Waals surface area contributed by atoms with Crippen LogP contribution < -0.4 is 10.1 Å². The molecule has 18 heavy (non-hydrogen) atoms. The number of nitrogens with zero attached hydrogens (tertiary/aromatic N) is 1. The maximum absolute atomic E-state index is 9.26. The number of rotatable bonds is 7. The second-order valence-corrected chi connectivity index (χ2v) is 4.76. The second kappa shape index (κ2) is 7.36. The van der Waals surface area contributed by atoms with Crippen LogP contribution in [-0.2, 0) is 0 Å². The summed E-state index contributed by atoms with van der Waals surface area (Å²) in [7, 11) is 5.78. The summed E-state index contributed by atoms with van der Waals surface area (Å²) in [5.41, 5.74) is 1.21. The number of hydrogen-bond donors (Lipinski definition) is 2. The number of benzene rings is 1. The Bertz CT molecular complexity index is 353. The maximum atomic E-state index is 9.26. The van der Waals surface area contributed by atoms with Gasteiger partial charge in [0.15, 0.2) is 0 Å². The quantitative estimate of drug-likeness (QED) is 0.767. The number of methoxy groups -OCH3 is 1. The number of nitrogens with one attached hydrogen (secondary N) is 1. The van der Waals surface area contributed by atoms with Crippen LogP contribution in [-0.4, -0.2) is 50.4 Å². The maximum Gasteiger partial charge on any atom is 0.119 e. The minimum atomic E-state index is -0.321. The highest BCUT2D eigenvalue weighted by atomic mass is 16.5. The normalized spacial score (nSPS) is 14.6. The topological polar surface area (TPSA) is 44.7 Å². The van der Waals surface area contributed by atoms with E-state index < -0.39 is 0 Å². The molecule has 1 aromatic rings. The first-order valence-corrected chi connectivity index (χ1v) is 6.23. The zero-order chi connectivity index (χ0) is 13.5. The van der Waals surface area contributed by atoms with Crippen LogP contribution in [0.5, 0.6) is 5.75 Å². The van der Waals surface area contributed by atoms with E-state index in [1.54, 1.807) is 14.0 Å². The summed E-state index contributed by atoms with van der Waals surface area (Å²) in [6, 6.07) is 8.35. The number of likely N-dealkylation sites (N-methyl/N-ethyl adjacent to an activating group) is 1. The van der Waals surface area contributed by atoms with Gasteiger partial charge in [-0.05, 0) is 38.7 Å². The van der Waals surface area contributed by atoms with Crippen LogP contribution >= 0.6 is 0 Å². The molecular weight excluding hydrogens is 228 g/mol. The summed E-state index contributed by atoms with van der Waals surface area (Å²) in [5, 5.41) is 12.5. The van der Waals surface area contributed by atoms with Gasteiger partial charge in [-0.2, -0.15) is 0 Å². The Morgan fingerprint density at radius 2 is 2.06 bits per heavy atom. The smallest absolute Gasteiger partial charge is 0.119 e. The first kappa shape index (κ1) is 15.0. The van der Waals surface area contributed by atoms with Gasteiger partial charge in [0.2, 0.25) is 0 Å². The predicted molar refractivity (Wildman–Crippen MR) is 74.0 cm³/mol. The van der Waals surface area contributed by atoms with Crippen LogP contribution in [0.1, 0.15) is 18.5 Å². The summed E-state index contributed by atoms with van der Waals surface area (Å²) in [6.07, 6.45) is -0.321. The van der Waals surface area contributed by atoms with E-state index in [0.29, 0.717) is 6.54 Å². The van der Waals surface area contributed by atoms with Crippen molar-refractivity contribution in [1.29, 1.82) is 0 Å². The lowest BCUT2D eigenvalue weighted by atomic mass is 10.1. The van der Waals surface area contributed by atoms with Crippen molar-refractivity contribution in [2.75, 3.05) is 34.3 Å². The number of aliphatic hydroxyl groups is 1. The van der Waals surface area contributed by atoms with Gasteiger partial charge in [-0.15, -0.1) is 0 Å². The molecule has 0 fully saturated rings. The molecule has 102 valence electrons. The molecule has 0 aromatic heterocycles. The molecule has 4 nitrogen and oxygen atoms in total. The van der Waals surface area contributed by atoms with E-state index in [-0.39, 0.29) is 12.1 Å². The average Bonchev–Trinajstić information content (AvgIpc) is 2.34. The monoisotopic (exact) mass is 252 g/mol. The molecule has 2 N–H and O–H groups in total. The van der Waals surface area contributed by atoms with E-state index in [1.807, 2.05) is 26.2 Å². The van der Waals surface area contributed by atoms with Crippen LogP contribution in [0.15, 0.2) is 24.3 Å². The van der Waals surface area contributed by atoms with Crippen LogP contribution in [0.4, 0.5) is 0 Å². The van der Waals surface area contributed by atoms with Crippen molar-refractivity contribution in [3.05, 3.63) is 29.8 Å². The molecule has 0 aliphatic carbocycles. The standard InChI is InChI=1S/C14H24N2O2/c1-11(17)9-15-10-14(16(2)3)12-6-5-7-13(8-12)18-4/h5-8,11,14-15,17H,9-10H2,1-4H3. The minimum absolute atomic E-state index is 0.263. The molecule has 4 heteroatoms. The summed E-state index contributed by atoms with van der Waals surface area (Å²) < 4.78 is 5.25. The molecule has 2 unspecified atom stereocenters. The fourth-order valence-electron chi connectivity index (χ4n) is 1.88. The Labute approximate surface area is 110 Å². The van der Waals surface area contributed by atoms with E-state index in [1.165, 1.54) is 5.56 Å². The third-order valence-corrected chi connectivity index (χ3v) is 2.88. The Morgan fingerprint density at radius 3 is 2.61 bits per heavy atom. The highest BCUT2D eigenvalue weighted by Gasteiger charge is 2.14. The molecule has 2 atom stereocenters. The van der Waals surface area contributed by atoms with Gasteiger partial charge >= 0.3 is 0 Å². The Morgan fingerprint density at radius 1 is 1.33 bits per heavy atom. The Balaban J connectivity index is 2.71. The highest BCUT2D eigenvalue weighted by Crippen LogP contribution is 2.21. The Kier molecular flexibility index (Phi) is 6.12. The van der Waals surface area contributed by atoms with Crippen molar-refractivity contribution in [2.45, 2.75) is 19.1 Å². The molecule has 1 rings (SSSR count). The first-order chi connectivity index (χ1) is 8.54. The van der Waals surface area contributed by atoms with Gasteiger partial charge in [-0.3, -0.25) is 0 Å². The number of aliphatic hydroxyl groups excluding tert-OH is 1. The lowest BCUT2D eigenvalue weighted by Crippen LogP contribution is -2.34. The van der Waals surface area contributed by atoms with Crippen molar-refractivity contribution in [2.24, 2.45) is 0 Å². The highest BCUT2D eigenvalue weighted by molar-refractivity contribution is 5.30. The van der Waals surface area contributed by atoms with E-state index in [4.69, 9.17) is 4.74 Å². The summed E-state index contributed by atoms with van der Waals surface area (Å²) in [4.78, 5) is 2.16. The SMILES string of the molecule is COc1cccc(C(CNCC(C)O)N(C)C)c1. The van der Waals surface area contributed by atoms with Gasteiger partial charge in [0.25, 0.3) is 0 Å².